The van der Waals surface area contributed by atoms with Crippen molar-refractivity contribution in [3.63, 3.8) is 0 Å². The second kappa shape index (κ2) is 7.36. The highest BCUT2D eigenvalue weighted by Gasteiger charge is 2.20. The van der Waals surface area contributed by atoms with Gasteiger partial charge in [-0.15, -0.1) is 11.3 Å². The molecule has 0 aliphatic heterocycles. The van der Waals surface area contributed by atoms with Gasteiger partial charge in [0.05, 0.1) is 22.9 Å². The van der Waals surface area contributed by atoms with Gasteiger partial charge in [0.25, 0.3) is 5.56 Å². The van der Waals surface area contributed by atoms with Crippen LogP contribution in [-0.2, 0) is 0 Å². The van der Waals surface area contributed by atoms with Gasteiger partial charge in [-0.05, 0) is 31.0 Å². The average molecular weight is 391 g/mol. The Morgan fingerprint density at radius 3 is 2.57 bits per heavy atom. The van der Waals surface area contributed by atoms with Crippen molar-refractivity contribution in [1.29, 1.82) is 0 Å². The third kappa shape index (κ3) is 3.07. The summed E-state index contributed by atoms with van der Waals surface area (Å²) in [7, 11) is 0. The van der Waals surface area contributed by atoms with Crippen molar-refractivity contribution in [2.45, 2.75) is 44.6 Å². The molecule has 0 radical (unpaired) electrons. The third-order valence-corrected chi connectivity index (χ3v) is 6.65. The number of anilines is 2. The molecule has 5 rings (SSSR count). The van der Waals surface area contributed by atoms with Gasteiger partial charge in [0, 0.05) is 17.9 Å². The smallest absolute Gasteiger partial charge is 0.271 e. The Kier molecular flexibility index (Phi) is 4.56. The topological polar surface area (TPSA) is 59.8 Å². The number of rotatable bonds is 3. The van der Waals surface area contributed by atoms with Gasteiger partial charge in [-0.3, -0.25) is 9.36 Å². The van der Waals surface area contributed by atoms with Gasteiger partial charge in [-0.1, -0.05) is 43.9 Å². The van der Waals surface area contributed by atoms with Crippen LogP contribution in [0.4, 0.5) is 11.4 Å². The molecule has 1 aliphatic rings. The van der Waals surface area contributed by atoms with Crippen LogP contribution in [0, 0.1) is 0 Å². The number of para-hydroxylation sites is 1. The summed E-state index contributed by atoms with van der Waals surface area (Å²) in [6.07, 6.45) is 10.6. The Morgan fingerprint density at radius 2 is 1.79 bits per heavy atom. The summed E-state index contributed by atoms with van der Waals surface area (Å²) >= 11 is 1.45. The Morgan fingerprint density at radius 1 is 1.00 bits per heavy atom. The minimum Gasteiger partial charge on any atom is -0.355 e. The number of fused-ring (bicyclic) bond motifs is 3. The fourth-order valence-corrected chi connectivity index (χ4v) is 5.20. The van der Waals surface area contributed by atoms with Crippen molar-refractivity contribution < 1.29 is 0 Å². The second-order valence-electron chi connectivity index (χ2n) is 7.41. The SMILES string of the molecule is O=c1c2sc3nccc(Nc4ccccc4)c3c2ncn1C1CCCCCC1. The quantitative estimate of drug-likeness (QED) is 0.460. The van der Waals surface area contributed by atoms with E-state index < -0.39 is 0 Å². The van der Waals surface area contributed by atoms with E-state index in [4.69, 9.17) is 4.98 Å². The van der Waals surface area contributed by atoms with Crippen molar-refractivity contribution in [2.24, 2.45) is 0 Å². The standard InChI is InChI=1S/C22H22N4OS/c27-22-20-19(24-14-26(22)16-10-6-1-2-7-11-16)18-17(12-13-23-21(18)28-20)25-15-8-4-3-5-9-15/h3-5,8-9,12-14,16H,1-2,6-7,10-11H2,(H,23,25). The normalized spacial score (nSPS) is 15.7. The number of hydrogen-bond acceptors (Lipinski definition) is 5. The summed E-state index contributed by atoms with van der Waals surface area (Å²) < 4.78 is 2.57. The summed E-state index contributed by atoms with van der Waals surface area (Å²) in [5, 5.41) is 4.38. The highest BCUT2D eigenvalue weighted by molar-refractivity contribution is 7.25. The number of nitrogens with one attached hydrogen (secondary N) is 1. The summed E-state index contributed by atoms with van der Waals surface area (Å²) in [6, 6.07) is 12.2. The zero-order valence-corrected chi connectivity index (χ0v) is 16.4. The van der Waals surface area contributed by atoms with Crippen molar-refractivity contribution in [3.05, 3.63) is 59.3 Å². The molecule has 1 aliphatic carbocycles. The van der Waals surface area contributed by atoms with Crippen molar-refractivity contribution in [1.82, 2.24) is 14.5 Å². The van der Waals surface area contributed by atoms with E-state index >= 15 is 0 Å². The zero-order valence-electron chi connectivity index (χ0n) is 15.6. The minimum atomic E-state index is 0.0746. The molecule has 0 unspecified atom stereocenters. The van der Waals surface area contributed by atoms with Crippen LogP contribution < -0.4 is 10.9 Å². The third-order valence-electron chi connectivity index (χ3n) is 5.58. The monoisotopic (exact) mass is 390 g/mol. The van der Waals surface area contributed by atoms with Crippen LogP contribution in [0.25, 0.3) is 20.4 Å². The van der Waals surface area contributed by atoms with Crippen LogP contribution in [0.3, 0.4) is 0 Å². The lowest BCUT2D eigenvalue weighted by Gasteiger charge is -2.16. The van der Waals surface area contributed by atoms with Crippen molar-refractivity contribution in [3.8, 4) is 0 Å². The van der Waals surface area contributed by atoms with E-state index in [-0.39, 0.29) is 11.6 Å². The van der Waals surface area contributed by atoms with Crippen LogP contribution in [0.5, 0.6) is 0 Å². The summed E-state index contributed by atoms with van der Waals surface area (Å²) in [5.74, 6) is 0. The molecule has 5 nitrogen and oxygen atoms in total. The molecule has 6 heteroatoms. The first-order valence-electron chi connectivity index (χ1n) is 9.92. The molecule has 0 saturated heterocycles. The van der Waals surface area contributed by atoms with Crippen LogP contribution >= 0.6 is 11.3 Å². The maximum absolute atomic E-state index is 13.3. The lowest BCUT2D eigenvalue weighted by Crippen LogP contribution is -2.24. The molecule has 1 N–H and O–H groups in total. The van der Waals surface area contributed by atoms with Gasteiger partial charge in [0.2, 0.25) is 0 Å². The molecule has 1 saturated carbocycles. The highest BCUT2D eigenvalue weighted by Crippen LogP contribution is 2.36. The Bertz CT molecular complexity index is 1170. The largest absolute Gasteiger partial charge is 0.355 e. The molecule has 1 aromatic carbocycles. The number of pyridine rings is 1. The molecular weight excluding hydrogens is 368 g/mol. The van der Waals surface area contributed by atoms with E-state index in [0.29, 0.717) is 4.70 Å². The lowest BCUT2D eigenvalue weighted by molar-refractivity contribution is 0.430. The zero-order chi connectivity index (χ0) is 18.9. The number of benzene rings is 1. The van der Waals surface area contributed by atoms with Gasteiger partial charge in [0.15, 0.2) is 0 Å². The molecule has 3 heterocycles. The van der Waals surface area contributed by atoms with Crippen molar-refractivity contribution in [2.75, 3.05) is 5.32 Å². The highest BCUT2D eigenvalue weighted by atomic mass is 32.1. The van der Waals surface area contributed by atoms with E-state index in [9.17, 15) is 4.79 Å². The number of nitrogens with zero attached hydrogens (tertiary/aromatic N) is 3. The van der Waals surface area contributed by atoms with Gasteiger partial charge in [-0.25, -0.2) is 9.97 Å². The van der Waals surface area contributed by atoms with E-state index in [1.165, 1.54) is 37.0 Å². The van der Waals surface area contributed by atoms with Crippen molar-refractivity contribution >= 4 is 43.1 Å². The van der Waals surface area contributed by atoms with Crippen LogP contribution in [-0.4, -0.2) is 14.5 Å². The maximum atomic E-state index is 13.3. The molecule has 28 heavy (non-hydrogen) atoms. The lowest BCUT2D eigenvalue weighted by atomic mass is 10.1. The van der Waals surface area contributed by atoms with Crippen LogP contribution in [0.2, 0.25) is 0 Å². The second-order valence-corrected chi connectivity index (χ2v) is 8.41. The predicted octanol–water partition coefficient (Wildman–Crippen LogP) is 5.65. The first-order valence-corrected chi connectivity index (χ1v) is 10.7. The van der Waals surface area contributed by atoms with Crippen LogP contribution in [0.15, 0.2) is 53.7 Å². The number of hydrogen-bond donors (Lipinski definition) is 1. The van der Waals surface area contributed by atoms with Gasteiger partial charge < -0.3 is 5.32 Å². The molecular formula is C22H22N4OS. The average Bonchev–Trinajstić information content (AvgIpc) is 2.91. The Hall–Kier alpha value is -2.73. The van der Waals surface area contributed by atoms with Gasteiger partial charge in [0.1, 0.15) is 9.53 Å². The Labute approximate surface area is 167 Å². The first kappa shape index (κ1) is 17.4. The first-order chi connectivity index (χ1) is 13.8. The number of aromatic nitrogens is 3. The fraction of sp³-hybridized carbons (Fsp3) is 0.318. The minimum absolute atomic E-state index is 0.0746. The maximum Gasteiger partial charge on any atom is 0.271 e. The molecule has 1 fully saturated rings. The van der Waals surface area contributed by atoms with Gasteiger partial charge in [-0.2, -0.15) is 0 Å². The number of thiophene rings is 1. The predicted molar refractivity (Wildman–Crippen MR) is 116 cm³/mol. The molecule has 0 atom stereocenters. The summed E-state index contributed by atoms with van der Waals surface area (Å²) in [5.41, 5.74) is 2.76. The van der Waals surface area contributed by atoms with Crippen LogP contribution in [0.1, 0.15) is 44.6 Å². The van der Waals surface area contributed by atoms with E-state index in [2.05, 4.69) is 10.3 Å². The fourth-order valence-electron chi connectivity index (χ4n) is 4.14. The van der Waals surface area contributed by atoms with E-state index in [0.717, 1.165) is 39.9 Å². The van der Waals surface area contributed by atoms with Gasteiger partial charge >= 0.3 is 0 Å². The molecule has 0 amide bonds. The molecule has 4 aromatic rings. The molecule has 0 bridgehead atoms. The molecule has 3 aromatic heterocycles. The molecule has 142 valence electrons. The van der Waals surface area contributed by atoms with E-state index in [1.807, 2.05) is 41.0 Å². The summed E-state index contributed by atoms with van der Waals surface area (Å²) in [4.78, 5) is 23.4. The molecule has 0 spiro atoms. The summed E-state index contributed by atoms with van der Waals surface area (Å²) in [6.45, 7) is 0. The Balaban J connectivity index is 1.63. The van der Waals surface area contributed by atoms with E-state index in [1.54, 1.807) is 12.5 Å².